The van der Waals surface area contributed by atoms with Crippen molar-refractivity contribution in [2.75, 3.05) is 6.54 Å². The molecule has 3 rings (SSSR count). The molecule has 1 saturated carbocycles. The lowest BCUT2D eigenvalue weighted by atomic mass is 10.2. The van der Waals surface area contributed by atoms with E-state index in [-0.39, 0.29) is 35.3 Å². The number of nitrogens with one attached hydrogen (secondary N) is 2. The van der Waals surface area contributed by atoms with E-state index < -0.39 is 22.5 Å². The third-order valence-corrected chi connectivity index (χ3v) is 5.46. The summed E-state index contributed by atoms with van der Waals surface area (Å²) in [4.78, 5) is 16.0. The van der Waals surface area contributed by atoms with Crippen LogP contribution in [0.25, 0.3) is 0 Å². The second-order valence-corrected chi connectivity index (χ2v) is 7.67. The van der Waals surface area contributed by atoms with Gasteiger partial charge in [-0.2, -0.15) is 8.78 Å². The number of halogens is 2. The summed E-state index contributed by atoms with van der Waals surface area (Å²) in [5.74, 6) is -0.243. The minimum absolute atomic E-state index is 0.00349. The first-order chi connectivity index (χ1) is 12.4. The fourth-order valence-corrected chi connectivity index (χ4v) is 3.68. The van der Waals surface area contributed by atoms with Crippen LogP contribution in [0.5, 0.6) is 0 Å². The van der Waals surface area contributed by atoms with E-state index >= 15 is 0 Å². The van der Waals surface area contributed by atoms with E-state index in [1.54, 1.807) is 0 Å². The fraction of sp³-hybridized carbons (Fsp3) is 0.375. The van der Waals surface area contributed by atoms with Crippen LogP contribution in [0.1, 0.15) is 35.6 Å². The number of aromatic nitrogens is 2. The largest absolute Gasteiger partial charge is 0.352 e. The second kappa shape index (κ2) is 7.50. The van der Waals surface area contributed by atoms with Crippen LogP contribution >= 0.6 is 0 Å². The molecular weight excluding hydrogens is 366 g/mol. The van der Waals surface area contributed by atoms with Gasteiger partial charge in [0, 0.05) is 37.0 Å². The Morgan fingerprint density at radius 2 is 1.96 bits per heavy atom. The Morgan fingerprint density at radius 1 is 1.27 bits per heavy atom. The van der Waals surface area contributed by atoms with Crippen molar-refractivity contribution in [2.45, 2.75) is 36.7 Å². The quantitative estimate of drug-likeness (QED) is 0.724. The van der Waals surface area contributed by atoms with E-state index in [0.29, 0.717) is 0 Å². The minimum Gasteiger partial charge on any atom is -0.352 e. The molecule has 0 aliphatic heterocycles. The van der Waals surface area contributed by atoms with Crippen LogP contribution in [0.4, 0.5) is 8.78 Å². The maximum atomic E-state index is 12.7. The summed E-state index contributed by atoms with van der Waals surface area (Å²) in [6.45, 7) is -2.55. The van der Waals surface area contributed by atoms with Gasteiger partial charge in [0.1, 0.15) is 5.82 Å². The van der Waals surface area contributed by atoms with Crippen molar-refractivity contribution in [1.82, 2.24) is 19.6 Å². The van der Waals surface area contributed by atoms with E-state index in [1.807, 2.05) is 0 Å². The lowest BCUT2D eigenvalue weighted by molar-refractivity contribution is 0.0670. The van der Waals surface area contributed by atoms with Gasteiger partial charge in [-0.15, -0.1) is 0 Å². The highest BCUT2D eigenvalue weighted by Gasteiger charge is 2.27. The summed E-state index contributed by atoms with van der Waals surface area (Å²) in [5.41, 5.74) is 0.285. The predicted molar refractivity (Wildman–Crippen MR) is 89.3 cm³/mol. The van der Waals surface area contributed by atoms with Crippen molar-refractivity contribution >= 4 is 15.9 Å². The summed E-state index contributed by atoms with van der Waals surface area (Å²) in [6.07, 6.45) is 4.28. The first kappa shape index (κ1) is 18.5. The normalized spacial score (nSPS) is 14.6. The highest BCUT2D eigenvalue weighted by Crippen LogP contribution is 2.22. The molecule has 1 aliphatic rings. The zero-order chi connectivity index (χ0) is 18.7. The van der Waals surface area contributed by atoms with Gasteiger partial charge in [-0.05, 0) is 37.1 Å². The molecule has 0 unspecified atom stereocenters. The zero-order valence-electron chi connectivity index (χ0n) is 13.7. The van der Waals surface area contributed by atoms with Crippen molar-refractivity contribution in [3.05, 3.63) is 48.0 Å². The molecule has 1 aliphatic carbocycles. The SMILES string of the molecule is O=C(NCCc1nccn1C(F)F)c1ccc(S(=O)(=O)NC2CC2)cc1. The molecule has 26 heavy (non-hydrogen) atoms. The number of benzene rings is 1. The van der Waals surface area contributed by atoms with E-state index in [2.05, 4.69) is 15.0 Å². The second-order valence-electron chi connectivity index (χ2n) is 5.95. The Balaban J connectivity index is 1.55. The molecule has 1 aromatic heterocycles. The highest BCUT2D eigenvalue weighted by atomic mass is 32.2. The summed E-state index contributed by atoms with van der Waals surface area (Å²) >= 11 is 0. The summed E-state index contributed by atoms with van der Waals surface area (Å²) in [6, 6.07) is 5.56. The number of nitrogens with zero attached hydrogens (tertiary/aromatic N) is 2. The highest BCUT2D eigenvalue weighted by molar-refractivity contribution is 7.89. The van der Waals surface area contributed by atoms with Gasteiger partial charge in [0.15, 0.2) is 0 Å². The van der Waals surface area contributed by atoms with Crippen LogP contribution in [-0.4, -0.2) is 36.5 Å². The third-order valence-electron chi connectivity index (χ3n) is 3.92. The lowest BCUT2D eigenvalue weighted by Gasteiger charge is -2.09. The van der Waals surface area contributed by atoms with E-state index in [9.17, 15) is 22.0 Å². The van der Waals surface area contributed by atoms with Crippen LogP contribution in [0.15, 0.2) is 41.6 Å². The van der Waals surface area contributed by atoms with E-state index in [1.165, 1.54) is 36.7 Å². The number of rotatable bonds is 8. The Morgan fingerprint density at radius 3 is 2.58 bits per heavy atom. The van der Waals surface area contributed by atoms with Crippen LogP contribution in [-0.2, 0) is 16.4 Å². The molecule has 1 fully saturated rings. The molecule has 0 radical (unpaired) electrons. The van der Waals surface area contributed by atoms with Crippen LogP contribution in [0.2, 0.25) is 0 Å². The van der Waals surface area contributed by atoms with Crippen molar-refractivity contribution in [2.24, 2.45) is 0 Å². The molecular formula is C16H18F2N4O3S. The molecule has 0 spiro atoms. The lowest BCUT2D eigenvalue weighted by Crippen LogP contribution is -2.27. The first-order valence-corrected chi connectivity index (χ1v) is 9.55. The smallest absolute Gasteiger partial charge is 0.319 e. The number of sulfonamides is 1. The van der Waals surface area contributed by atoms with Crippen molar-refractivity contribution in [1.29, 1.82) is 0 Å². The average molecular weight is 384 g/mol. The topological polar surface area (TPSA) is 93.1 Å². The molecule has 7 nitrogen and oxygen atoms in total. The van der Waals surface area contributed by atoms with Gasteiger partial charge in [-0.3, -0.25) is 9.36 Å². The van der Waals surface area contributed by atoms with Gasteiger partial charge >= 0.3 is 6.55 Å². The summed E-state index contributed by atoms with van der Waals surface area (Å²) in [7, 11) is -3.56. The molecule has 2 aromatic rings. The number of alkyl halides is 2. The van der Waals surface area contributed by atoms with Crippen LogP contribution in [0.3, 0.4) is 0 Å². The van der Waals surface area contributed by atoms with Crippen LogP contribution < -0.4 is 10.0 Å². The number of carbonyl (C=O) groups excluding carboxylic acids is 1. The monoisotopic (exact) mass is 384 g/mol. The van der Waals surface area contributed by atoms with Crippen LogP contribution in [0, 0.1) is 0 Å². The Kier molecular flexibility index (Phi) is 5.33. The Bertz CT molecular complexity index is 877. The van der Waals surface area contributed by atoms with Gasteiger partial charge in [0.2, 0.25) is 10.0 Å². The molecule has 10 heteroatoms. The Hall–Kier alpha value is -2.33. The van der Waals surface area contributed by atoms with Gasteiger partial charge < -0.3 is 5.32 Å². The fourth-order valence-electron chi connectivity index (χ4n) is 2.38. The van der Waals surface area contributed by atoms with E-state index in [4.69, 9.17) is 0 Å². The maximum Gasteiger partial charge on any atom is 0.319 e. The van der Waals surface area contributed by atoms with Gasteiger partial charge in [0.25, 0.3) is 5.91 Å². The molecule has 2 N–H and O–H groups in total. The van der Waals surface area contributed by atoms with Gasteiger partial charge in [-0.1, -0.05) is 0 Å². The Labute approximate surface area is 149 Å². The van der Waals surface area contributed by atoms with Gasteiger partial charge in [0.05, 0.1) is 4.90 Å². The molecule has 140 valence electrons. The van der Waals surface area contributed by atoms with Crippen molar-refractivity contribution < 1.29 is 22.0 Å². The average Bonchev–Trinajstić information content (AvgIpc) is 3.27. The number of amides is 1. The maximum absolute atomic E-state index is 12.7. The summed E-state index contributed by atoms with van der Waals surface area (Å²) in [5, 5.41) is 2.60. The summed E-state index contributed by atoms with van der Waals surface area (Å²) < 4.78 is 52.9. The number of hydrogen-bond donors (Lipinski definition) is 2. The van der Waals surface area contributed by atoms with E-state index in [0.717, 1.165) is 17.4 Å². The minimum atomic E-state index is -3.56. The molecule has 0 bridgehead atoms. The molecule has 1 aromatic carbocycles. The molecule has 0 saturated heterocycles. The van der Waals surface area contributed by atoms with Crippen molar-refractivity contribution in [3.63, 3.8) is 0 Å². The number of imidazole rings is 1. The third kappa shape index (κ3) is 4.44. The van der Waals surface area contributed by atoms with Crippen molar-refractivity contribution in [3.8, 4) is 0 Å². The standard InChI is InChI=1S/C16H18F2N4O3S/c17-16(18)22-10-9-19-14(22)7-8-20-15(23)11-1-5-13(6-2-11)26(24,25)21-12-3-4-12/h1-2,5-6,9-10,12,16,21H,3-4,7-8H2,(H,20,23). The molecule has 0 atom stereocenters. The molecule has 1 amide bonds. The first-order valence-electron chi connectivity index (χ1n) is 8.07. The zero-order valence-corrected chi connectivity index (χ0v) is 14.5. The van der Waals surface area contributed by atoms with Gasteiger partial charge in [-0.25, -0.2) is 18.1 Å². The number of carbonyl (C=O) groups is 1. The predicted octanol–water partition coefficient (Wildman–Crippen LogP) is 1.69. The number of hydrogen-bond acceptors (Lipinski definition) is 4. The molecule has 1 heterocycles.